The highest BCUT2D eigenvalue weighted by Gasteiger charge is 2.34. The Balaban J connectivity index is 2.17. The summed E-state index contributed by atoms with van der Waals surface area (Å²) in [5.74, 6) is -3.97. The van der Waals surface area contributed by atoms with E-state index >= 15 is 0 Å². The largest absolute Gasteiger partial charge is 0.496 e. The van der Waals surface area contributed by atoms with E-state index in [9.17, 15) is 33.6 Å². The summed E-state index contributed by atoms with van der Waals surface area (Å²) in [5, 5.41) is 16.9. The van der Waals surface area contributed by atoms with Gasteiger partial charge in [-0.05, 0) is 124 Å². The van der Waals surface area contributed by atoms with Crippen LogP contribution in [0, 0.1) is 17.8 Å². The van der Waals surface area contributed by atoms with Crippen molar-refractivity contribution in [2.75, 3.05) is 20.2 Å². The summed E-state index contributed by atoms with van der Waals surface area (Å²) in [7, 11) is 1.55. The first kappa shape index (κ1) is 55.7. The maximum absolute atomic E-state index is 14.5. The van der Waals surface area contributed by atoms with Gasteiger partial charge >= 0.3 is 0 Å². The number of nitrogens with one attached hydrogen (secondary N) is 6. The first-order chi connectivity index (χ1) is 31.8. The molecule has 0 spiro atoms. The van der Waals surface area contributed by atoms with Gasteiger partial charge in [0, 0.05) is 12.0 Å². The number of rotatable bonds is 20. The van der Waals surface area contributed by atoms with E-state index in [-0.39, 0.29) is 56.3 Å². The standard InChI is InChI=1S/C49H78N10O8/c1-28(2)22-38(43(53)60)56-47(64)39(23-29(3)4)58-49(66)41-27-31-14-17-33(18-15-31)34-25-32(16-19-42(34)67-7)26-35(52)44(61)54-36(12-8-10-20-50)45(62)55-37(13-9-11-21-51)46(63)57-40(24-30(5)6)48(65)59-41/h14-19,25,28-30,35-41H,8-13,20-24,26-27,50-52H2,1-7H3,(H2,53,60)(H,54,61)(H,55,62)(H,56,64)(H,57,63)(H,58,66)(H,59,65)/t35-,36-,37-,38-,39-,40-,41-/m0/s1. The van der Waals surface area contributed by atoms with Gasteiger partial charge in [-0.1, -0.05) is 71.9 Å². The number of hydrogen-bond donors (Lipinski definition) is 10. The van der Waals surface area contributed by atoms with Crippen LogP contribution in [0.25, 0.3) is 11.1 Å². The van der Waals surface area contributed by atoms with Gasteiger partial charge in [0.25, 0.3) is 0 Å². The first-order valence-electron chi connectivity index (χ1n) is 23.8. The molecule has 7 amide bonds. The van der Waals surface area contributed by atoms with Crippen LogP contribution in [-0.4, -0.2) is 104 Å². The van der Waals surface area contributed by atoms with Gasteiger partial charge in [-0.2, -0.15) is 0 Å². The zero-order valence-corrected chi connectivity index (χ0v) is 40.6. The quantitative estimate of drug-likeness (QED) is 0.0672. The first-order valence-corrected chi connectivity index (χ1v) is 23.8. The molecule has 2 aliphatic heterocycles. The molecule has 2 aromatic rings. The van der Waals surface area contributed by atoms with Crippen molar-refractivity contribution in [2.24, 2.45) is 40.7 Å². The predicted molar refractivity (Wildman–Crippen MR) is 259 cm³/mol. The van der Waals surface area contributed by atoms with Gasteiger partial charge in [-0.25, -0.2) is 0 Å². The van der Waals surface area contributed by atoms with Crippen LogP contribution in [0.2, 0.25) is 0 Å². The van der Waals surface area contributed by atoms with Gasteiger partial charge in [0.1, 0.15) is 42.0 Å². The molecule has 0 fully saturated rings. The Labute approximate surface area is 396 Å². The van der Waals surface area contributed by atoms with Crippen molar-refractivity contribution in [1.29, 1.82) is 0 Å². The molecule has 4 rings (SSSR count). The van der Waals surface area contributed by atoms with Crippen LogP contribution in [0.15, 0.2) is 42.5 Å². The van der Waals surface area contributed by atoms with Crippen molar-refractivity contribution in [3.05, 3.63) is 53.6 Å². The molecular weight excluding hydrogens is 857 g/mol. The third-order valence-electron chi connectivity index (χ3n) is 11.6. The van der Waals surface area contributed by atoms with E-state index in [1.54, 1.807) is 13.2 Å². The van der Waals surface area contributed by atoms with E-state index in [1.165, 1.54) is 0 Å². The van der Waals surface area contributed by atoms with E-state index in [2.05, 4.69) is 31.9 Å². The second kappa shape index (κ2) is 27.9. The summed E-state index contributed by atoms with van der Waals surface area (Å²) >= 11 is 0. The monoisotopic (exact) mass is 935 g/mol. The second-order valence-corrected chi connectivity index (χ2v) is 19.0. The van der Waals surface area contributed by atoms with Crippen LogP contribution < -0.4 is 59.6 Å². The minimum Gasteiger partial charge on any atom is -0.496 e. The highest BCUT2D eigenvalue weighted by Crippen LogP contribution is 2.32. The molecule has 2 heterocycles. The molecular formula is C49H78N10O8. The van der Waals surface area contributed by atoms with Crippen molar-refractivity contribution in [2.45, 2.75) is 154 Å². The highest BCUT2D eigenvalue weighted by molar-refractivity contribution is 5.97. The molecule has 7 atom stereocenters. The van der Waals surface area contributed by atoms with E-state index < -0.39 is 83.6 Å². The molecule has 0 unspecified atom stereocenters. The molecule has 18 heteroatoms. The molecule has 372 valence electrons. The van der Waals surface area contributed by atoms with E-state index in [0.717, 1.165) is 11.1 Å². The van der Waals surface area contributed by atoms with Crippen LogP contribution in [-0.2, 0) is 46.4 Å². The lowest BCUT2D eigenvalue weighted by Crippen LogP contribution is -2.60. The number of methoxy groups -OCH3 is 1. The fourth-order valence-electron chi connectivity index (χ4n) is 8.01. The number of nitrogens with two attached hydrogens (primary N) is 4. The molecule has 2 aliphatic rings. The fourth-order valence-corrected chi connectivity index (χ4v) is 8.01. The molecule has 0 aromatic heterocycles. The van der Waals surface area contributed by atoms with E-state index in [4.69, 9.17) is 27.7 Å². The maximum Gasteiger partial charge on any atom is 0.243 e. The zero-order chi connectivity index (χ0) is 49.8. The SMILES string of the molecule is COc1ccc2cc1-c1ccc(cc1)C[C@@H](C(=O)N[C@@H](CC(C)C)C(=O)N[C@@H](CC(C)C)C(N)=O)NC(=O)[C@H](CC(C)C)NC(=O)[C@H](CCCCN)NC(=O)[C@H](CCCCN)NC(=O)[C@@H](N)C2. The Bertz CT molecular complexity index is 1960. The molecule has 14 N–H and O–H groups in total. The molecule has 0 radical (unpaired) electrons. The van der Waals surface area contributed by atoms with E-state index in [0.29, 0.717) is 62.1 Å². The van der Waals surface area contributed by atoms with Crippen LogP contribution in [0.3, 0.4) is 0 Å². The summed E-state index contributed by atoms with van der Waals surface area (Å²) in [5.41, 5.74) is 26.6. The van der Waals surface area contributed by atoms with Crippen molar-refractivity contribution in [3.8, 4) is 16.9 Å². The average molecular weight is 935 g/mol. The summed E-state index contributed by atoms with van der Waals surface area (Å²) < 4.78 is 5.71. The van der Waals surface area contributed by atoms with E-state index in [1.807, 2.05) is 77.9 Å². The second-order valence-electron chi connectivity index (χ2n) is 19.0. The lowest BCUT2D eigenvalue weighted by molar-refractivity contribution is -0.136. The Kier molecular flexibility index (Phi) is 23.2. The summed E-state index contributed by atoms with van der Waals surface area (Å²) in [6.07, 6.45) is 3.34. The Morgan fingerprint density at radius 3 is 1.70 bits per heavy atom. The summed E-state index contributed by atoms with van der Waals surface area (Å²) in [4.78, 5) is 97.0. The predicted octanol–water partition coefficient (Wildman–Crippen LogP) is 1.58. The lowest BCUT2D eigenvalue weighted by atomic mass is 9.95. The summed E-state index contributed by atoms with van der Waals surface area (Å²) in [6.45, 7) is 12.1. The molecule has 0 saturated heterocycles. The maximum atomic E-state index is 14.5. The number of unbranched alkanes of at least 4 members (excludes halogenated alkanes) is 2. The smallest absolute Gasteiger partial charge is 0.243 e. The lowest BCUT2D eigenvalue weighted by Gasteiger charge is -2.29. The van der Waals surface area contributed by atoms with Crippen molar-refractivity contribution in [3.63, 3.8) is 0 Å². The number of hydrogen-bond acceptors (Lipinski definition) is 11. The van der Waals surface area contributed by atoms with Gasteiger partial charge in [-0.15, -0.1) is 0 Å². The molecule has 18 nitrogen and oxygen atoms in total. The average Bonchev–Trinajstić information content (AvgIpc) is 3.26. The Hall–Kier alpha value is -5.59. The van der Waals surface area contributed by atoms with Gasteiger partial charge < -0.3 is 59.6 Å². The number of benzene rings is 2. The minimum absolute atomic E-state index is 0.0159. The Morgan fingerprint density at radius 2 is 1.18 bits per heavy atom. The van der Waals surface area contributed by atoms with Gasteiger partial charge in [-0.3, -0.25) is 33.6 Å². The normalized spacial score (nSPS) is 20.7. The van der Waals surface area contributed by atoms with Crippen molar-refractivity contribution >= 4 is 41.4 Å². The number of fused-ring (bicyclic) bond motifs is 16. The van der Waals surface area contributed by atoms with Crippen LogP contribution in [0.4, 0.5) is 0 Å². The summed E-state index contributed by atoms with van der Waals surface area (Å²) in [6, 6.07) is 5.12. The number of amides is 7. The Morgan fingerprint density at radius 1 is 0.657 bits per heavy atom. The van der Waals surface area contributed by atoms with Gasteiger partial charge in [0.05, 0.1) is 13.2 Å². The molecule has 0 saturated carbocycles. The van der Waals surface area contributed by atoms with Crippen LogP contribution >= 0.6 is 0 Å². The van der Waals surface area contributed by atoms with Crippen molar-refractivity contribution in [1.82, 2.24) is 31.9 Å². The minimum atomic E-state index is -1.25. The van der Waals surface area contributed by atoms with Crippen LogP contribution in [0.1, 0.15) is 110 Å². The third kappa shape index (κ3) is 18.5. The topological polar surface area (TPSA) is 305 Å². The zero-order valence-electron chi connectivity index (χ0n) is 40.6. The molecule has 67 heavy (non-hydrogen) atoms. The van der Waals surface area contributed by atoms with Gasteiger partial charge in [0.2, 0.25) is 41.4 Å². The number of ether oxygens (including phenoxy) is 1. The van der Waals surface area contributed by atoms with Crippen molar-refractivity contribution < 1.29 is 38.3 Å². The van der Waals surface area contributed by atoms with Gasteiger partial charge in [0.15, 0.2) is 0 Å². The molecule has 2 aromatic carbocycles. The molecule has 0 aliphatic carbocycles. The third-order valence-corrected chi connectivity index (χ3v) is 11.6. The fraction of sp³-hybridized carbons (Fsp3) is 0.612. The highest BCUT2D eigenvalue weighted by atomic mass is 16.5. The number of carbonyl (C=O) groups is 7. The number of primary amides is 1. The van der Waals surface area contributed by atoms with Crippen LogP contribution in [0.5, 0.6) is 5.75 Å². The molecule has 4 bridgehead atoms. The number of carbonyl (C=O) groups excluding carboxylic acids is 7.